The third-order valence-corrected chi connectivity index (χ3v) is 5.21. The van der Waals surface area contributed by atoms with Gasteiger partial charge >= 0.3 is 74.3 Å². The first kappa shape index (κ1) is 25.4. The van der Waals surface area contributed by atoms with E-state index in [0.717, 1.165) is 26.4 Å². The summed E-state index contributed by atoms with van der Waals surface area (Å²) in [7, 11) is -5.92. The van der Waals surface area contributed by atoms with E-state index in [0.29, 0.717) is 0 Å². The standard InChI is InChI=1S/C10H16O8P2.2Na/c1-17-19(13,14)5-7-3-4-8(10(12)9(7)11)6-20(15,16)18-2;;/h3-4,11-12H,5-6H2,1-2H3,(H,13,14)(H,15,16);;/q;2*+1/p-2. The van der Waals surface area contributed by atoms with E-state index in [1.807, 2.05) is 0 Å². The molecule has 0 heterocycles. The average Bonchev–Trinajstić information content (AvgIpc) is 2.38. The molecule has 0 saturated carbocycles. The molecule has 0 amide bonds. The van der Waals surface area contributed by atoms with Gasteiger partial charge in [0.2, 0.25) is 0 Å². The van der Waals surface area contributed by atoms with Gasteiger partial charge in [-0.05, 0) is 11.1 Å². The number of benzene rings is 1. The summed E-state index contributed by atoms with van der Waals surface area (Å²) in [4.78, 5) is 18.5. The molecule has 1 aromatic rings. The fourth-order valence-corrected chi connectivity index (χ4v) is 3.07. The Bertz CT molecular complexity index is 544. The van der Waals surface area contributed by atoms with Gasteiger partial charge < -0.3 is 29.0 Å². The Morgan fingerprint density at radius 3 is 1.41 bits per heavy atom. The van der Waals surface area contributed by atoms with Crippen molar-refractivity contribution in [1.82, 2.24) is 0 Å². The second kappa shape index (κ2) is 10.2. The third kappa shape index (κ3) is 7.34. The zero-order valence-corrected chi connectivity index (χ0v) is 18.6. The summed E-state index contributed by atoms with van der Waals surface area (Å²) in [5.74, 6) is -1.99. The minimum absolute atomic E-state index is 0. The van der Waals surface area contributed by atoms with E-state index in [9.17, 15) is 29.1 Å². The van der Waals surface area contributed by atoms with Crippen LogP contribution in [-0.2, 0) is 30.5 Å². The maximum atomic E-state index is 11.7. The SMILES string of the molecule is COP(=O)(O)Cc1ccc(CP(=O)(O)OC)c([O-])c1[O-].[Na+].[Na+]. The molecule has 1 rings (SSSR count). The second-order valence-corrected chi connectivity index (χ2v) is 7.91. The van der Waals surface area contributed by atoms with Gasteiger partial charge in [-0.1, -0.05) is 12.1 Å². The fourth-order valence-electron chi connectivity index (χ4n) is 1.45. The van der Waals surface area contributed by atoms with E-state index in [1.165, 1.54) is 0 Å². The Morgan fingerprint density at radius 1 is 0.909 bits per heavy atom. The molecular formula is C10H14Na2O8P2. The van der Waals surface area contributed by atoms with Crippen LogP contribution < -0.4 is 69.3 Å². The first-order chi connectivity index (χ1) is 9.12. The van der Waals surface area contributed by atoms with Gasteiger partial charge in [-0.2, -0.15) is 0 Å². The zero-order chi connectivity index (χ0) is 15.6. The van der Waals surface area contributed by atoms with Crippen LogP contribution in [0.5, 0.6) is 11.5 Å². The zero-order valence-electron chi connectivity index (χ0n) is 12.8. The van der Waals surface area contributed by atoms with E-state index in [-0.39, 0.29) is 70.2 Å². The number of hydrogen-bond donors (Lipinski definition) is 2. The summed E-state index contributed by atoms with van der Waals surface area (Å²) in [6, 6.07) is 2.33. The van der Waals surface area contributed by atoms with Crippen LogP contribution in [0.15, 0.2) is 12.1 Å². The Balaban J connectivity index is 0. The minimum atomic E-state index is -3.97. The van der Waals surface area contributed by atoms with Crippen molar-refractivity contribution in [3.63, 3.8) is 0 Å². The maximum absolute atomic E-state index is 11.7. The molecule has 0 aliphatic heterocycles. The summed E-state index contributed by atoms with van der Waals surface area (Å²) in [5, 5.41) is 23.5. The van der Waals surface area contributed by atoms with Gasteiger partial charge in [-0.15, -0.1) is 11.5 Å². The quantitative estimate of drug-likeness (QED) is 0.374. The predicted molar refractivity (Wildman–Crippen MR) is 66.4 cm³/mol. The Hall–Kier alpha value is 1.12. The molecule has 0 radical (unpaired) electrons. The van der Waals surface area contributed by atoms with E-state index in [4.69, 9.17) is 0 Å². The Labute approximate surface area is 172 Å². The van der Waals surface area contributed by atoms with Gasteiger partial charge in [0, 0.05) is 14.2 Å². The van der Waals surface area contributed by atoms with E-state index >= 15 is 0 Å². The molecule has 8 nitrogen and oxygen atoms in total. The van der Waals surface area contributed by atoms with Crippen molar-refractivity contribution >= 4 is 15.2 Å². The van der Waals surface area contributed by atoms with Crippen molar-refractivity contribution in [2.45, 2.75) is 12.3 Å². The van der Waals surface area contributed by atoms with Gasteiger partial charge in [0.05, 0.1) is 12.3 Å². The summed E-state index contributed by atoms with van der Waals surface area (Å²) >= 11 is 0. The van der Waals surface area contributed by atoms with Gasteiger partial charge in [-0.25, -0.2) is 0 Å². The average molecular weight is 370 g/mol. The van der Waals surface area contributed by atoms with Crippen LogP contribution in [0.1, 0.15) is 11.1 Å². The van der Waals surface area contributed by atoms with Crippen molar-refractivity contribution < 1.29 is 97.3 Å². The molecule has 0 bridgehead atoms. The van der Waals surface area contributed by atoms with Crippen molar-refractivity contribution in [3.05, 3.63) is 23.3 Å². The fraction of sp³-hybridized carbons (Fsp3) is 0.400. The van der Waals surface area contributed by atoms with Gasteiger partial charge in [0.15, 0.2) is 0 Å². The van der Waals surface area contributed by atoms with Crippen LogP contribution in [0.3, 0.4) is 0 Å². The first-order valence-corrected chi connectivity index (χ1v) is 8.88. The van der Waals surface area contributed by atoms with Gasteiger partial charge in [0.1, 0.15) is 0 Å². The minimum Gasteiger partial charge on any atom is -0.873 e. The van der Waals surface area contributed by atoms with E-state index < -0.39 is 39.0 Å². The van der Waals surface area contributed by atoms with Crippen LogP contribution in [-0.4, -0.2) is 24.0 Å². The first-order valence-electron chi connectivity index (χ1n) is 5.36. The van der Waals surface area contributed by atoms with Gasteiger partial charge in [0.25, 0.3) is 0 Å². The molecule has 0 aliphatic rings. The molecule has 0 fully saturated rings. The summed E-state index contributed by atoms with van der Waals surface area (Å²) in [6.45, 7) is 0. The largest absolute Gasteiger partial charge is 1.00 e. The maximum Gasteiger partial charge on any atom is 1.00 e. The molecule has 0 spiro atoms. The predicted octanol–water partition coefficient (Wildman–Crippen LogP) is -5.49. The third-order valence-electron chi connectivity index (χ3n) is 2.59. The Morgan fingerprint density at radius 2 is 1.18 bits per heavy atom. The van der Waals surface area contributed by atoms with Crippen LogP contribution in [0.4, 0.5) is 0 Å². The summed E-state index contributed by atoms with van der Waals surface area (Å²) in [5.41, 5.74) is -0.367. The van der Waals surface area contributed by atoms with Crippen molar-refractivity contribution in [1.29, 1.82) is 0 Å². The van der Waals surface area contributed by atoms with E-state index in [2.05, 4.69) is 9.05 Å². The van der Waals surface area contributed by atoms with Crippen molar-refractivity contribution in [2.24, 2.45) is 0 Å². The monoisotopic (exact) mass is 370 g/mol. The second-order valence-electron chi connectivity index (χ2n) is 4.00. The normalized spacial score (nSPS) is 15.8. The molecule has 0 saturated heterocycles. The summed E-state index contributed by atoms with van der Waals surface area (Å²) in [6.07, 6.45) is -1.20. The molecule has 114 valence electrons. The molecule has 0 aliphatic carbocycles. The topological polar surface area (TPSA) is 139 Å². The molecule has 22 heavy (non-hydrogen) atoms. The molecule has 12 heteroatoms. The van der Waals surface area contributed by atoms with Crippen LogP contribution in [0.2, 0.25) is 0 Å². The summed E-state index contributed by atoms with van der Waals surface area (Å²) < 4.78 is 31.4. The van der Waals surface area contributed by atoms with E-state index in [1.54, 1.807) is 0 Å². The molecule has 0 aromatic heterocycles. The molecule has 2 unspecified atom stereocenters. The van der Waals surface area contributed by atoms with Crippen molar-refractivity contribution in [3.8, 4) is 11.5 Å². The molecular weight excluding hydrogens is 356 g/mol. The van der Waals surface area contributed by atoms with Crippen LogP contribution in [0.25, 0.3) is 0 Å². The Kier molecular flexibility index (Phi) is 11.7. The van der Waals surface area contributed by atoms with Crippen molar-refractivity contribution in [2.75, 3.05) is 14.2 Å². The molecule has 2 N–H and O–H groups in total. The molecule has 2 atom stereocenters. The van der Waals surface area contributed by atoms with Gasteiger partial charge in [-0.3, -0.25) is 9.13 Å². The number of hydrogen-bond acceptors (Lipinski definition) is 6. The molecule has 1 aromatic carbocycles. The van der Waals surface area contributed by atoms with Crippen LogP contribution >= 0.6 is 15.2 Å². The smallest absolute Gasteiger partial charge is 0.873 e. The van der Waals surface area contributed by atoms with Crippen LogP contribution in [0, 0.1) is 0 Å². The number of rotatable bonds is 6.